The van der Waals surface area contributed by atoms with E-state index in [0.717, 1.165) is 18.4 Å². The van der Waals surface area contributed by atoms with Gasteiger partial charge in [-0.3, -0.25) is 4.79 Å². The van der Waals surface area contributed by atoms with Gasteiger partial charge >= 0.3 is 0 Å². The third-order valence-electron chi connectivity index (χ3n) is 12.0. The summed E-state index contributed by atoms with van der Waals surface area (Å²) < 4.78 is 19.1. The Labute approximate surface area is 210 Å². The second-order valence-electron chi connectivity index (χ2n) is 14.0. The number of aliphatic hydroxyl groups is 1. The normalized spacial score (nSPS) is 55.1. The van der Waals surface area contributed by atoms with Crippen molar-refractivity contribution in [3.05, 3.63) is 23.8 Å². The van der Waals surface area contributed by atoms with Crippen LogP contribution in [0.25, 0.3) is 0 Å². The Kier molecular flexibility index (Phi) is 5.08. The molecule has 0 aromatic rings. The molecule has 6 rings (SSSR count). The van der Waals surface area contributed by atoms with Crippen molar-refractivity contribution in [2.24, 2.45) is 40.4 Å². The van der Waals surface area contributed by atoms with Crippen LogP contribution in [0.15, 0.2) is 23.8 Å². The standard InChI is InChI=1S/C30H44O5/c1-17(24-16-29(6)26(2,3)34-30(7,33-24)35-29)20-8-9-21-25-22(11-13-28(20,21)5)27(4)12-10-19(31)14-18(27)15-23(25)32/h10,12,14,17,20-25,32H,8-9,11,13,15-16H2,1-7H3/t17-,20+,21-,22-,23+,24?,25-,27-,28+,29+,30?/m0/s1. The van der Waals surface area contributed by atoms with E-state index in [1.165, 1.54) is 19.3 Å². The first kappa shape index (κ1) is 24.3. The molecule has 2 saturated heterocycles. The molecule has 2 unspecified atom stereocenters. The molecular weight excluding hydrogens is 440 g/mol. The van der Waals surface area contributed by atoms with Gasteiger partial charge in [-0.1, -0.05) is 32.4 Å². The zero-order valence-electron chi connectivity index (χ0n) is 22.6. The van der Waals surface area contributed by atoms with E-state index in [1.54, 1.807) is 12.2 Å². The van der Waals surface area contributed by atoms with Gasteiger partial charge in [0.25, 0.3) is 5.97 Å². The van der Waals surface area contributed by atoms with Crippen LogP contribution in [-0.4, -0.2) is 40.3 Å². The monoisotopic (exact) mass is 484 g/mol. The van der Waals surface area contributed by atoms with E-state index >= 15 is 0 Å². The SMILES string of the molecule is C[C@H](C1C[C@@]2(C)OC(C)(O1)OC2(C)C)[C@H]1CC[C@H]2[C@@H]3[C@H](O)CC4=CC(=O)C=C[C@]4(C)[C@H]3CC[C@]12C. The van der Waals surface area contributed by atoms with E-state index in [9.17, 15) is 9.90 Å². The molecule has 35 heavy (non-hydrogen) atoms. The highest BCUT2D eigenvalue weighted by Gasteiger charge is 2.66. The molecule has 1 N–H and O–H groups in total. The molecule has 5 fully saturated rings. The Bertz CT molecular complexity index is 995. The average Bonchev–Trinajstić information content (AvgIpc) is 3.15. The van der Waals surface area contributed by atoms with Gasteiger partial charge in [-0.15, -0.1) is 0 Å². The van der Waals surface area contributed by atoms with E-state index in [0.29, 0.717) is 30.1 Å². The van der Waals surface area contributed by atoms with Crippen LogP contribution in [0.4, 0.5) is 0 Å². The van der Waals surface area contributed by atoms with Crippen LogP contribution in [-0.2, 0) is 19.0 Å². The van der Waals surface area contributed by atoms with Crippen LogP contribution < -0.4 is 0 Å². The molecule has 0 aromatic carbocycles. The Hall–Kier alpha value is -1.01. The first-order valence-corrected chi connectivity index (χ1v) is 13.9. The summed E-state index contributed by atoms with van der Waals surface area (Å²) in [7, 11) is 0. The van der Waals surface area contributed by atoms with Crippen molar-refractivity contribution >= 4 is 5.78 Å². The Morgan fingerprint density at radius 1 is 1.03 bits per heavy atom. The van der Waals surface area contributed by atoms with Crippen molar-refractivity contribution in [3.8, 4) is 0 Å². The molecule has 2 heterocycles. The molecule has 6 aliphatic rings. The Morgan fingerprint density at radius 3 is 2.49 bits per heavy atom. The third-order valence-corrected chi connectivity index (χ3v) is 12.0. The van der Waals surface area contributed by atoms with Gasteiger partial charge in [0.2, 0.25) is 0 Å². The van der Waals surface area contributed by atoms with Crippen LogP contribution in [0.2, 0.25) is 0 Å². The number of ether oxygens (including phenoxy) is 3. The van der Waals surface area contributed by atoms with Crippen LogP contribution in [0.1, 0.15) is 87.0 Å². The van der Waals surface area contributed by atoms with Crippen molar-refractivity contribution < 1.29 is 24.1 Å². The lowest BCUT2D eigenvalue weighted by Gasteiger charge is -2.59. The van der Waals surface area contributed by atoms with Gasteiger partial charge in [0.1, 0.15) is 5.60 Å². The number of ketones is 1. The number of aliphatic hydroxyl groups excluding tert-OH is 1. The largest absolute Gasteiger partial charge is 0.392 e. The molecule has 0 aromatic heterocycles. The second kappa shape index (κ2) is 7.30. The average molecular weight is 485 g/mol. The summed E-state index contributed by atoms with van der Waals surface area (Å²) in [5.41, 5.74) is 0.472. The summed E-state index contributed by atoms with van der Waals surface area (Å²) in [4.78, 5) is 12.1. The summed E-state index contributed by atoms with van der Waals surface area (Å²) >= 11 is 0. The number of carbonyl (C=O) groups is 1. The summed E-state index contributed by atoms with van der Waals surface area (Å²) in [6, 6.07) is 0. The summed E-state index contributed by atoms with van der Waals surface area (Å²) in [6.45, 7) is 15.5. The maximum absolute atomic E-state index is 12.1. The van der Waals surface area contributed by atoms with Gasteiger partial charge in [0.05, 0.1) is 17.8 Å². The predicted octanol–water partition coefficient (Wildman–Crippen LogP) is 5.56. The smallest absolute Gasteiger partial charge is 0.281 e. The minimum Gasteiger partial charge on any atom is -0.392 e. The number of hydrogen-bond donors (Lipinski definition) is 1. The van der Waals surface area contributed by atoms with Crippen molar-refractivity contribution in [2.45, 2.75) is 116 Å². The fourth-order valence-electron chi connectivity index (χ4n) is 9.79. The van der Waals surface area contributed by atoms with E-state index in [2.05, 4.69) is 47.6 Å². The first-order chi connectivity index (χ1) is 16.2. The molecule has 0 spiro atoms. The van der Waals surface area contributed by atoms with Crippen LogP contribution in [0.3, 0.4) is 0 Å². The molecule has 5 nitrogen and oxygen atoms in total. The van der Waals surface area contributed by atoms with Crippen molar-refractivity contribution in [3.63, 3.8) is 0 Å². The fourth-order valence-corrected chi connectivity index (χ4v) is 9.79. The second-order valence-corrected chi connectivity index (χ2v) is 14.0. The lowest BCUT2D eigenvalue weighted by atomic mass is 9.46. The molecule has 0 radical (unpaired) electrons. The zero-order valence-corrected chi connectivity index (χ0v) is 22.6. The van der Waals surface area contributed by atoms with Gasteiger partial charge in [-0.05, 0) is 100 Å². The summed E-state index contributed by atoms with van der Waals surface area (Å²) in [5, 5.41) is 11.4. The molecule has 2 bridgehead atoms. The number of hydrogen-bond acceptors (Lipinski definition) is 5. The summed E-state index contributed by atoms with van der Waals surface area (Å²) in [5.74, 6) is 1.22. The molecule has 194 valence electrons. The van der Waals surface area contributed by atoms with Crippen molar-refractivity contribution in [1.82, 2.24) is 0 Å². The quantitative estimate of drug-likeness (QED) is 0.556. The summed E-state index contributed by atoms with van der Waals surface area (Å²) in [6.07, 6.45) is 11.5. The number of carbonyl (C=O) groups excluding carboxylic acids is 1. The minimum atomic E-state index is -0.979. The van der Waals surface area contributed by atoms with Gasteiger partial charge in [-0.2, -0.15) is 0 Å². The van der Waals surface area contributed by atoms with Crippen LogP contribution in [0.5, 0.6) is 0 Å². The third kappa shape index (κ3) is 3.23. The van der Waals surface area contributed by atoms with E-state index in [4.69, 9.17) is 14.2 Å². The molecule has 5 heteroatoms. The van der Waals surface area contributed by atoms with Crippen LogP contribution in [0, 0.1) is 40.4 Å². The first-order valence-electron chi connectivity index (χ1n) is 13.9. The number of rotatable bonds is 2. The predicted molar refractivity (Wildman–Crippen MR) is 133 cm³/mol. The Morgan fingerprint density at radius 2 is 1.77 bits per heavy atom. The van der Waals surface area contributed by atoms with E-state index in [1.807, 2.05) is 6.92 Å². The van der Waals surface area contributed by atoms with Crippen molar-refractivity contribution in [1.29, 1.82) is 0 Å². The molecular formula is C30H44O5. The molecule has 2 aliphatic heterocycles. The molecule has 4 aliphatic carbocycles. The van der Waals surface area contributed by atoms with Gasteiger partial charge in [-0.25, -0.2) is 0 Å². The van der Waals surface area contributed by atoms with Gasteiger partial charge < -0.3 is 19.3 Å². The van der Waals surface area contributed by atoms with Crippen LogP contribution >= 0.6 is 0 Å². The minimum absolute atomic E-state index is 0.0681. The van der Waals surface area contributed by atoms with Crippen molar-refractivity contribution in [2.75, 3.05) is 0 Å². The lowest BCUT2D eigenvalue weighted by Crippen LogP contribution is -2.56. The maximum atomic E-state index is 12.1. The maximum Gasteiger partial charge on any atom is 0.281 e. The van der Waals surface area contributed by atoms with E-state index in [-0.39, 0.29) is 40.3 Å². The Balaban J connectivity index is 1.27. The molecule has 0 amide bonds. The molecule has 3 saturated carbocycles. The highest BCUT2D eigenvalue weighted by atomic mass is 16.9. The number of fused-ring (bicyclic) bond motifs is 7. The highest BCUT2D eigenvalue weighted by Crippen LogP contribution is 2.67. The zero-order chi connectivity index (χ0) is 25.2. The van der Waals surface area contributed by atoms with Gasteiger partial charge in [0, 0.05) is 18.8 Å². The van der Waals surface area contributed by atoms with Gasteiger partial charge in [0.15, 0.2) is 5.78 Å². The topological polar surface area (TPSA) is 65.0 Å². The van der Waals surface area contributed by atoms with E-state index < -0.39 is 11.6 Å². The lowest BCUT2D eigenvalue weighted by molar-refractivity contribution is -0.385. The number of allylic oxidation sites excluding steroid dienone is 3. The fraction of sp³-hybridized carbons (Fsp3) is 0.833. The highest BCUT2D eigenvalue weighted by molar-refractivity contribution is 6.01. The molecule has 11 atom stereocenters.